The first-order chi connectivity index (χ1) is 18.3. The summed E-state index contributed by atoms with van der Waals surface area (Å²) in [6, 6.07) is 1.99. The fraction of sp³-hybridized carbons (Fsp3) is 0.500. The Bertz CT molecular complexity index is 1180. The van der Waals surface area contributed by atoms with Crippen molar-refractivity contribution in [3.63, 3.8) is 0 Å². The zero-order valence-corrected chi connectivity index (χ0v) is 22.1. The predicted octanol–water partition coefficient (Wildman–Crippen LogP) is -0.132. The van der Waals surface area contributed by atoms with Gasteiger partial charge in [-0.15, -0.1) is 0 Å². The number of para-hydroxylation sites is 1. The number of hydrogen-bond donors (Lipinski definition) is 8. The molecule has 2 aromatic rings. The van der Waals surface area contributed by atoms with Crippen molar-refractivity contribution in [2.75, 3.05) is 0 Å². The highest BCUT2D eigenvalue weighted by molar-refractivity contribution is 5.95. The largest absolute Gasteiger partial charge is 0.481 e. The van der Waals surface area contributed by atoms with E-state index < -0.39 is 66.4 Å². The zero-order chi connectivity index (χ0) is 29.3. The number of aliphatic hydroxyl groups is 1. The highest BCUT2D eigenvalue weighted by Gasteiger charge is 2.33. The summed E-state index contributed by atoms with van der Waals surface area (Å²) >= 11 is 0. The molecule has 1 aromatic carbocycles. The Kier molecular flexibility index (Phi) is 11.4. The molecule has 1 aromatic heterocycles. The van der Waals surface area contributed by atoms with Crippen LogP contribution in [0.5, 0.6) is 0 Å². The maximum atomic E-state index is 13.3. The summed E-state index contributed by atoms with van der Waals surface area (Å²) in [6.07, 6.45) is 0.0311. The number of aliphatic hydroxyl groups excluding tert-OH is 1. The molecular formula is C26H37N5O8. The molecule has 0 aliphatic carbocycles. The van der Waals surface area contributed by atoms with E-state index in [-0.39, 0.29) is 18.8 Å². The van der Waals surface area contributed by atoms with E-state index in [9.17, 15) is 34.2 Å². The smallest absolute Gasteiger partial charge is 0.328 e. The molecule has 214 valence electrons. The van der Waals surface area contributed by atoms with Crippen molar-refractivity contribution in [3.05, 3.63) is 36.0 Å². The number of carboxylic acid groups (broad SMARTS) is 2. The Balaban J connectivity index is 2.34. The Morgan fingerprint density at radius 3 is 2.15 bits per heavy atom. The molecular weight excluding hydrogens is 510 g/mol. The van der Waals surface area contributed by atoms with Crippen LogP contribution in [0.1, 0.15) is 45.6 Å². The lowest BCUT2D eigenvalue weighted by Crippen LogP contribution is -2.59. The summed E-state index contributed by atoms with van der Waals surface area (Å²) in [7, 11) is 0. The van der Waals surface area contributed by atoms with Crippen molar-refractivity contribution in [2.24, 2.45) is 11.7 Å². The van der Waals surface area contributed by atoms with Crippen LogP contribution in [0.4, 0.5) is 0 Å². The van der Waals surface area contributed by atoms with Gasteiger partial charge in [0.1, 0.15) is 12.1 Å². The minimum atomic E-state index is -1.64. The number of carboxylic acids is 2. The number of aromatic nitrogens is 1. The minimum absolute atomic E-state index is 0.0697. The van der Waals surface area contributed by atoms with Crippen molar-refractivity contribution in [2.45, 2.75) is 76.7 Å². The Labute approximate surface area is 225 Å². The van der Waals surface area contributed by atoms with Crippen molar-refractivity contribution in [3.8, 4) is 0 Å². The second-order valence-electron chi connectivity index (χ2n) is 9.59. The Morgan fingerprint density at radius 1 is 0.949 bits per heavy atom. The molecule has 6 atom stereocenters. The van der Waals surface area contributed by atoms with Crippen LogP contribution in [-0.4, -0.2) is 80.2 Å². The van der Waals surface area contributed by atoms with E-state index >= 15 is 0 Å². The van der Waals surface area contributed by atoms with Crippen LogP contribution in [0.3, 0.4) is 0 Å². The highest BCUT2D eigenvalue weighted by Crippen LogP contribution is 2.19. The number of H-pyrrole nitrogens is 1. The molecule has 0 aliphatic rings. The Hall–Kier alpha value is -3.97. The fourth-order valence-electron chi connectivity index (χ4n) is 3.96. The summed E-state index contributed by atoms with van der Waals surface area (Å²) in [6.45, 7) is 4.81. The molecule has 13 heteroatoms. The number of amides is 3. The van der Waals surface area contributed by atoms with Gasteiger partial charge in [0.25, 0.3) is 0 Å². The summed E-state index contributed by atoms with van der Waals surface area (Å²) in [5.41, 5.74) is 7.39. The van der Waals surface area contributed by atoms with Crippen molar-refractivity contribution in [1.29, 1.82) is 0 Å². The number of rotatable bonds is 15. The normalized spacial score (nSPS) is 15.8. The maximum absolute atomic E-state index is 13.3. The van der Waals surface area contributed by atoms with Gasteiger partial charge < -0.3 is 42.0 Å². The molecule has 39 heavy (non-hydrogen) atoms. The molecule has 0 radical (unpaired) electrons. The molecule has 6 unspecified atom stereocenters. The van der Waals surface area contributed by atoms with Gasteiger partial charge >= 0.3 is 11.9 Å². The topological polar surface area (TPSA) is 224 Å². The zero-order valence-electron chi connectivity index (χ0n) is 22.1. The van der Waals surface area contributed by atoms with E-state index in [0.717, 1.165) is 10.9 Å². The first-order valence-corrected chi connectivity index (χ1v) is 12.7. The standard InChI is InChI=1S/C26H37N5O8/c1-4-13(2)21(27)25(37)29-18(9-10-20(33)34)23(35)30-19(24(36)31-22(14(3)32)26(38)39)11-15-12-28-17-8-6-5-7-16(15)17/h5-8,12-14,18-19,21-22,28,32H,4,9-11,27H2,1-3H3,(H,29,37)(H,30,35)(H,31,36)(H,33,34)(H,38,39). The average Bonchev–Trinajstić information content (AvgIpc) is 3.30. The quantitative estimate of drug-likeness (QED) is 0.148. The first-order valence-electron chi connectivity index (χ1n) is 12.7. The third kappa shape index (κ3) is 8.79. The van der Waals surface area contributed by atoms with Gasteiger partial charge in [0, 0.05) is 29.9 Å². The third-order valence-corrected chi connectivity index (χ3v) is 6.62. The lowest BCUT2D eigenvalue weighted by molar-refractivity contribution is -0.145. The molecule has 0 fully saturated rings. The van der Waals surface area contributed by atoms with Crippen LogP contribution in [0.15, 0.2) is 30.5 Å². The van der Waals surface area contributed by atoms with Crippen LogP contribution in [0, 0.1) is 5.92 Å². The number of aromatic amines is 1. The van der Waals surface area contributed by atoms with E-state index in [4.69, 9.17) is 10.8 Å². The monoisotopic (exact) mass is 547 g/mol. The number of aliphatic carboxylic acids is 2. The minimum Gasteiger partial charge on any atom is -0.481 e. The van der Waals surface area contributed by atoms with Crippen LogP contribution < -0.4 is 21.7 Å². The molecule has 9 N–H and O–H groups in total. The van der Waals surface area contributed by atoms with E-state index in [0.29, 0.717) is 12.0 Å². The number of nitrogens with two attached hydrogens (primary N) is 1. The molecule has 0 spiro atoms. The third-order valence-electron chi connectivity index (χ3n) is 6.62. The second-order valence-corrected chi connectivity index (χ2v) is 9.59. The predicted molar refractivity (Wildman–Crippen MR) is 141 cm³/mol. The van der Waals surface area contributed by atoms with E-state index in [1.807, 2.05) is 19.1 Å². The molecule has 0 saturated carbocycles. The molecule has 2 rings (SSSR count). The summed E-state index contributed by atoms with van der Waals surface area (Å²) in [5, 5.41) is 36.4. The lowest BCUT2D eigenvalue weighted by atomic mass is 9.98. The van der Waals surface area contributed by atoms with Gasteiger partial charge in [0.15, 0.2) is 6.04 Å². The summed E-state index contributed by atoms with van der Waals surface area (Å²) < 4.78 is 0. The summed E-state index contributed by atoms with van der Waals surface area (Å²) in [4.78, 5) is 65.0. The first kappa shape index (κ1) is 31.2. The maximum Gasteiger partial charge on any atom is 0.328 e. The van der Waals surface area contributed by atoms with E-state index in [1.54, 1.807) is 25.3 Å². The van der Waals surface area contributed by atoms with Gasteiger partial charge in [-0.05, 0) is 30.9 Å². The van der Waals surface area contributed by atoms with Gasteiger partial charge in [-0.1, -0.05) is 38.5 Å². The van der Waals surface area contributed by atoms with E-state index in [1.165, 1.54) is 6.92 Å². The number of nitrogens with one attached hydrogen (secondary N) is 4. The lowest BCUT2D eigenvalue weighted by Gasteiger charge is -2.26. The molecule has 13 nitrogen and oxygen atoms in total. The average molecular weight is 548 g/mol. The van der Waals surface area contributed by atoms with E-state index in [2.05, 4.69) is 20.9 Å². The van der Waals surface area contributed by atoms with Gasteiger partial charge in [-0.2, -0.15) is 0 Å². The molecule has 1 heterocycles. The SMILES string of the molecule is CCC(C)C(N)C(=O)NC(CCC(=O)O)C(=O)NC(Cc1c[nH]c2ccccc12)C(=O)NC(C(=O)O)C(C)O. The van der Waals surface area contributed by atoms with Gasteiger partial charge in [0.05, 0.1) is 12.1 Å². The van der Waals surface area contributed by atoms with Gasteiger partial charge in [-0.3, -0.25) is 19.2 Å². The van der Waals surface area contributed by atoms with Crippen molar-refractivity contribution < 1.29 is 39.3 Å². The van der Waals surface area contributed by atoms with Crippen LogP contribution >= 0.6 is 0 Å². The van der Waals surface area contributed by atoms with Crippen molar-refractivity contribution in [1.82, 2.24) is 20.9 Å². The number of fused-ring (bicyclic) bond motifs is 1. The number of benzene rings is 1. The van der Waals surface area contributed by atoms with Crippen LogP contribution in [-0.2, 0) is 30.4 Å². The van der Waals surface area contributed by atoms with Crippen LogP contribution in [0.25, 0.3) is 10.9 Å². The molecule has 3 amide bonds. The Morgan fingerprint density at radius 2 is 1.56 bits per heavy atom. The van der Waals surface area contributed by atoms with Crippen LogP contribution in [0.2, 0.25) is 0 Å². The second kappa shape index (κ2) is 14.3. The number of hydrogen-bond acceptors (Lipinski definition) is 7. The van der Waals surface area contributed by atoms with Crippen molar-refractivity contribution >= 4 is 40.6 Å². The number of carbonyl (C=O) groups excluding carboxylic acids is 3. The van der Waals surface area contributed by atoms with Gasteiger partial charge in [-0.25, -0.2) is 4.79 Å². The molecule has 0 aliphatic heterocycles. The molecule has 0 bridgehead atoms. The fourth-order valence-corrected chi connectivity index (χ4v) is 3.96. The summed E-state index contributed by atoms with van der Waals surface area (Å²) in [5.74, 6) is -5.25. The molecule has 0 saturated heterocycles. The van der Waals surface area contributed by atoms with Gasteiger partial charge in [0.2, 0.25) is 17.7 Å². The highest BCUT2D eigenvalue weighted by atomic mass is 16.4. The number of carbonyl (C=O) groups is 5.